The molecule has 30 heavy (non-hydrogen) atoms. The van der Waals surface area contributed by atoms with Crippen molar-refractivity contribution in [3.8, 4) is 0 Å². The molecular weight excluding hydrogens is 455 g/mol. The van der Waals surface area contributed by atoms with E-state index in [-0.39, 0.29) is 29.7 Å². The smallest absolute Gasteiger partial charge is 0.329 e. The van der Waals surface area contributed by atoms with Crippen molar-refractivity contribution in [1.82, 2.24) is 19.4 Å². The Balaban J connectivity index is 2.02. The van der Waals surface area contributed by atoms with Gasteiger partial charge in [-0.25, -0.2) is 14.2 Å². The monoisotopic (exact) mass is 474 g/mol. The van der Waals surface area contributed by atoms with Crippen LogP contribution in [0.4, 0.5) is 4.39 Å². The standard InChI is InChI=1S/C21H20BrFN4O3/c1-3-7-26(12-14-9-15(22)5-6-17(14)23)20(29)13-10-16-18(24-11-13)27(8-4-2)21(30)25-19(16)28/h3,5-6,9-11H,1,4,7-8,12H2,2H3,(H,25,28,30). The molecule has 0 unspecified atom stereocenters. The van der Waals surface area contributed by atoms with Crippen LogP contribution in [0.25, 0.3) is 11.0 Å². The van der Waals surface area contributed by atoms with Crippen LogP contribution < -0.4 is 11.2 Å². The van der Waals surface area contributed by atoms with Crippen LogP contribution in [-0.2, 0) is 13.1 Å². The third kappa shape index (κ3) is 4.40. The minimum atomic E-state index is -0.613. The summed E-state index contributed by atoms with van der Waals surface area (Å²) in [5, 5.41) is 0.140. The first-order valence-corrected chi connectivity index (χ1v) is 10.1. The summed E-state index contributed by atoms with van der Waals surface area (Å²) in [6.45, 7) is 6.13. The molecule has 2 heterocycles. The second-order valence-electron chi connectivity index (χ2n) is 6.72. The Labute approximate surface area is 180 Å². The van der Waals surface area contributed by atoms with E-state index in [1.807, 2.05) is 6.92 Å². The molecule has 1 amide bonds. The average molecular weight is 475 g/mol. The molecule has 0 fully saturated rings. The molecule has 0 saturated carbocycles. The minimum Gasteiger partial charge on any atom is -0.330 e. The van der Waals surface area contributed by atoms with Gasteiger partial charge in [-0.2, -0.15) is 0 Å². The lowest BCUT2D eigenvalue weighted by atomic mass is 10.1. The Morgan fingerprint density at radius 3 is 2.83 bits per heavy atom. The number of carbonyl (C=O) groups is 1. The molecule has 7 nitrogen and oxygen atoms in total. The fraction of sp³-hybridized carbons (Fsp3) is 0.238. The third-order valence-corrected chi connectivity index (χ3v) is 5.03. The second kappa shape index (κ2) is 9.17. The van der Waals surface area contributed by atoms with E-state index in [9.17, 15) is 18.8 Å². The number of pyridine rings is 1. The van der Waals surface area contributed by atoms with E-state index in [2.05, 4.69) is 32.5 Å². The normalized spacial score (nSPS) is 10.9. The summed E-state index contributed by atoms with van der Waals surface area (Å²) in [6.07, 6.45) is 3.53. The van der Waals surface area contributed by atoms with Crippen molar-refractivity contribution in [2.75, 3.05) is 6.54 Å². The van der Waals surface area contributed by atoms with Crippen molar-refractivity contribution < 1.29 is 9.18 Å². The van der Waals surface area contributed by atoms with Gasteiger partial charge in [-0.3, -0.25) is 19.1 Å². The number of benzene rings is 1. The van der Waals surface area contributed by atoms with Gasteiger partial charge >= 0.3 is 5.69 Å². The lowest BCUT2D eigenvalue weighted by Gasteiger charge is -2.22. The number of halogens is 2. The van der Waals surface area contributed by atoms with Crippen LogP contribution in [0.2, 0.25) is 0 Å². The molecule has 3 aromatic rings. The quantitative estimate of drug-likeness (QED) is 0.532. The number of aromatic nitrogens is 3. The van der Waals surface area contributed by atoms with Gasteiger partial charge in [0.05, 0.1) is 10.9 Å². The molecule has 0 bridgehead atoms. The van der Waals surface area contributed by atoms with Crippen molar-refractivity contribution in [3.63, 3.8) is 0 Å². The number of fused-ring (bicyclic) bond motifs is 1. The van der Waals surface area contributed by atoms with Crippen LogP contribution in [0.5, 0.6) is 0 Å². The highest BCUT2D eigenvalue weighted by Crippen LogP contribution is 2.19. The first-order valence-electron chi connectivity index (χ1n) is 9.32. The lowest BCUT2D eigenvalue weighted by molar-refractivity contribution is 0.0761. The number of nitrogens with one attached hydrogen (secondary N) is 1. The SMILES string of the molecule is C=CCN(Cc1cc(Br)ccc1F)C(=O)c1cnc2c(c1)c(=O)[nH]c(=O)n2CCC. The number of carbonyl (C=O) groups excluding carboxylic acids is 1. The number of amides is 1. The molecular formula is C21H20BrFN4O3. The van der Waals surface area contributed by atoms with Gasteiger partial charge in [0, 0.05) is 35.9 Å². The largest absolute Gasteiger partial charge is 0.330 e. The summed E-state index contributed by atoms with van der Waals surface area (Å²) < 4.78 is 16.2. The number of aryl methyl sites for hydroxylation is 1. The number of rotatable bonds is 7. The molecule has 9 heteroatoms. The molecule has 0 aliphatic heterocycles. The summed E-state index contributed by atoms with van der Waals surface area (Å²) in [6, 6.07) is 5.90. The molecule has 0 aliphatic rings. The van der Waals surface area contributed by atoms with Crippen LogP contribution >= 0.6 is 15.9 Å². The van der Waals surface area contributed by atoms with Crippen LogP contribution in [0, 0.1) is 5.82 Å². The van der Waals surface area contributed by atoms with Gasteiger partial charge < -0.3 is 4.90 Å². The summed E-state index contributed by atoms with van der Waals surface area (Å²) >= 11 is 3.30. The van der Waals surface area contributed by atoms with Gasteiger partial charge in [-0.15, -0.1) is 6.58 Å². The number of aromatic amines is 1. The highest BCUT2D eigenvalue weighted by Gasteiger charge is 2.19. The number of H-pyrrole nitrogens is 1. The van der Waals surface area contributed by atoms with Crippen molar-refractivity contribution >= 4 is 32.9 Å². The topological polar surface area (TPSA) is 88.1 Å². The van der Waals surface area contributed by atoms with E-state index in [4.69, 9.17) is 0 Å². The number of hydrogen-bond donors (Lipinski definition) is 1. The second-order valence-corrected chi connectivity index (χ2v) is 7.63. The van der Waals surface area contributed by atoms with Gasteiger partial charge in [0.2, 0.25) is 0 Å². The van der Waals surface area contributed by atoms with E-state index in [1.165, 1.54) is 33.9 Å². The zero-order chi connectivity index (χ0) is 21.8. The summed E-state index contributed by atoms with van der Waals surface area (Å²) in [4.78, 5) is 45.3. The third-order valence-electron chi connectivity index (χ3n) is 4.53. The Morgan fingerprint density at radius 2 is 2.13 bits per heavy atom. The fourth-order valence-electron chi connectivity index (χ4n) is 3.14. The summed E-state index contributed by atoms with van der Waals surface area (Å²) in [5.74, 6) is -0.868. The maximum Gasteiger partial charge on any atom is 0.329 e. The van der Waals surface area contributed by atoms with Crippen molar-refractivity contribution in [2.45, 2.75) is 26.4 Å². The summed E-state index contributed by atoms with van der Waals surface area (Å²) in [7, 11) is 0. The van der Waals surface area contributed by atoms with Crippen LogP contribution in [0.3, 0.4) is 0 Å². The van der Waals surface area contributed by atoms with Crippen LogP contribution in [0.15, 0.2) is 57.2 Å². The molecule has 0 aliphatic carbocycles. The first-order chi connectivity index (χ1) is 14.3. The predicted octanol–water partition coefficient (Wildman–Crippen LogP) is 3.22. The molecule has 0 radical (unpaired) electrons. The average Bonchev–Trinajstić information content (AvgIpc) is 2.72. The maximum absolute atomic E-state index is 14.2. The molecule has 1 N–H and O–H groups in total. The van der Waals surface area contributed by atoms with Gasteiger partial charge in [-0.1, -0.05) is 28.9 Å². The molecule has 0 atom stereocenters. The minimum absolute atomic E-state index is 0.0137. The molecule has 2 aromatic heterocycles. The van der Waals surface area contributed by atoms with Crippen LogP contribution in [0.1, 0.15) is 29.3 Å². The summed E-state index contributed by atoms with van der Waals surface area (Å²) in [5.41, 5.74) is -0.442. The van der Waals surface area contributed by atoms with Crippen molar-refractivity contribution in [1.29, 1.82) is 0 Å². The highest BCUT2D eigenvalue weighted by molar-refractivity contribution is 9.10. The molecule has 3 rings (SSSR count). The number of nitrogens with zero attached hydrogens (tertiary/aromatic N) is 3. The Bertz CT molecular complexity index is 1240. The van der Waals surface area contributed by atoms with Gasteiger partial charge in [-0.05, 0) is 30.7 Å². The van der Waals surface area contributed by atoms with Crippen molar-refractivity contribution in [3.05, 3.63) is 85.4 Å². The molecule has 0 spiro atoms. The fourth-order valence-corrected chi connectivity index (χ4v) is 3.55. The molecule has 1 aromatic carbocycles. The highest BCUT2D eigenvalue weighted by atomic mass is 79.9. The van der Waals surface area contributed by atoms with E-state index in [0.717, 1.165) is 0 Å². The van der Waals surface area contributed by atoms with Crippen LogP contribution in [-0.4, -0.2) is 31.9 Å². The van der Waals surface area contributed by atoms with Gasteiger partial charge in [0.25, 0.3) is 11.5 Å². The maximum atomic E-state index is 14.2. The van der Waals surface area contributed by atoms with E-state index in [1.54, 1.807) is 12.1 Å². The first kappa shape index (κ1) is 21.6. The van der Waals surface area contributed by atoms with E-state index in [0.29, 0.717) is 23.0 Å². The molecule has 0 saturated heterocycles. The predicted molar refractivity (Wildman–Crippen MR) is 116 cm³/mol. The van der Waals surface area contributed by atoms with Crippen molar-refractivity contribution in [2.24, 2.45) is 0 Å². The zero-order valence-corrected chi connectivity index (χ0v) is 17.9. The van der Waals surface area contributed by atoms with Gasteiger partial charge in [0.1, 0.15) is 11.5 Å². The molecule has 156 valence electrons. The number of hydrogen-bond acceptors (Lipinski definition) is 4. The van der Waals surface area contributed by atoms with E-state index >= 15 is 0 Å². The zero-order valence-electron chi connectivity index (χ0n) is 16.3. The Morgan fingerprint density at radius 1 is 1.37 bits per heavy atom. The Kier molecular flexibility index (Phi) is 6.61. The van der Waals surface area contributed by atoms with Gasteiger partial charge in [0.15, 0.2) is 0 Å². The van der Waals surface area contributed by atoms with E-state index < -0.39 is 23.0 Å². The lowest BCUT2D eigenvalue weighted by Crippen LogP contribution is -2.33. The Hall–Kier alpha value is -3.07.